The molecule has 4 rings (SSSR count). The predicted octanol–water partition coefficient (Wildman–Crippen LogP) is 4.45. The maximum absolute atomic E-state index is 12.7. The van der Waals surface area contributed by atoms with Gasteiger partial charge in [-0.2, -0.15) is 0 Å². The van der Waals surface area contributed by atoms with Crippen LogP contribution in [0.15, 0.2) is 51.8 Å². The van der Waals surface area contributed by atoms with Crippen LogP contribution in [-0.4, -0.2) is 28.6 Å². The van der Waals surface area contributed by atoms with Crippen molar-refractivity contribution in [3.8, 4) is 11.5 Å². The molecule has 0 bridgehead atoms. The lowest BCUT2D eigenvalue weighted by atomic mass is 10.2. The van der Waals surface area contributed by atoms with E-state index < -0.39 is 0 Å². The molecule has 1 fully saturated rings. The SMILES string of the molecule is O=C1C(=Cc2ccc3c(c2)OCO3)SC(=S)N1CNc1ccccc1Br. The molecule has 2 aromatic rings. The summed E-state index contributed by atoms with van der Waals surface area (Å²) in [5.41, 5.74) is 1.77. The zero-order valence-electron chi connectivity index (χ0n) is 13.4. The van der Waals surface area contributed by atoms with E-state index in [-0.39, 0.29) is 12.7 Å². The third kappa shape index (κ3) is 3.44. The molecule has 5 nitrogen and oxygen atoms in total. The fourth-order valence-electron chi connectivity index (χ4n) is 2.56. The molecule has 0 aliphatic carbocycles. The number of nitrogens with zero attached hydrogens (tertiary/aromatic N) is 1. The van der Waals surface area contributed by atoms with Gasteiger partial charge in [-0.3, -0.25) is 9.69 Å². The summed E-state index contributed by atoms with van der Waals surface area (Å²) >= 11 is 10.1. The number of fused-ring (bicyclic) bond motifs is 1. The van der Waals surface area contributed by atoms with Crippen LogP contribution in [0.4, 0.5) is 5.69 Å². The van der Waals surface area contributed by atoms with Gasteiger partial charge in [-0.05, 0) is 51.8 Å². The quantitative estimate of drug-likeness (QED) is 0.550. The lowest BCUT2D eigenvalue weighted by molar-refractivity contribution is -0.121. The largest absolute Gasteiger partial charge is 0.454 e. The Kier molecular flexibility index (Phi) is 4.88. The Balaban J connectivity index is 1.49. The average molecular weight is 449 g/mol. The van der Waals surface area contributed by atoms with Gasteiger partial charge in [0.1, 0.15) is 4.32 Å². The number of ether oxygens (including phenoxy) is 2. The Labute approximate surface area is 168 Å². The Morgan fingerprint density at radius 3 is 2.88 bits per heavy atom. The number of amides is 1. The van der Waals surface area contributed by atoms with Crippen molar-refractivity contribution in [3.63, 3.8) is 0 Å². The van der Waals surface area contributed by atoms with E-state index in [1.807, 2.05) is 48.5 Å². The number of para-hydroxylation sites is 1. The van der Waals surface area contributed by atoms with E-state index in [1.54, 1.807) is 4.90 Å². The van der Waals surface area contributed by atoms with Gasteiger partial charge in [-0.1, -0.05) is 42.2 Å². The second kappa shape index (κ2) is 7.30. The van der Waals surface area contributed by atoms with Gasteiger partial charge in [0, 0.05) is 10.2 Å². The first kappa shape index (κ1) is 17.4. The van der Waals surface area contributed by atoms with Gasteiger partial charge in [0.2, 0.25) is 6.79 Å². The van der Waals surface area contributed by atoms with Crippen LogP contribution in [-0.2, 0) is 4.79 Å². The van der Waals surface area contributed by atoms with Crippen molar-refractivity contribution in [2.75, 3.05) is 18.8 Å². The molecular formula is C18H13BrN2O3S2. The molecule has 0 atom stereocenters. The molecule has 2 aliphatic heterocycles. The summed E-state index contributed by atoms with van der Waals surface area (Å²) < 4.78 is 12.1. The van der Waals surface area contributed by atoms with Gasteiger partial charge in [-0.15, -0.1) is 0 Å². The minimum absolute atomic E-state index is 0.114. The molecule has 2 aromatic carbocycles. The normalized spacial score (nSPS) is 17.3. The Hall–Kier alpha value is -2.03. The number of carbonyl (C=O) groups excluding carboxylic acids is 1. The monoisotopic (exact) mass is 448 g/mol. The van der Waals surface area contributed by atoms with Crippen molar-refractivity contribution in [2.45, 2.75) is 0 Å². The minimum Gasteiger partial charge on any atom is -0.454 e. The van der Waals surface area contributed by atoms with Crippen molar-refractivity contribution in [1.29, 1.82) is 0 Å². The summed E-state index contributed by atoms with van der Waals surface area (Å²) in [4.78, 5) is 14.8. The molecule has 1 saturated heterocycles. The van der Waals surface area contributed by atoms with Gasteiger partial charge >= 0.3 is 0 Å². The number of anilines is 1. The molecule has 0 unspecified atom stereocenters. The summed E-state index contributed by atoms with van der Waals surface area (Å²) in [5, 5.41) is 3.23. The molecule has 1 N–H and O–H groups in total. The van der Waals surface area contributed by atoms with Crippen molar-refractivity contribution in [3.05, 3.63) is 57.4 Å². The third-order valence-corrected chi connectivity index (χ3v) is 5.94. The molecule has 0 aromatic heterocycles. The molecule has 26 heavy (non-hydrogen) atoms. The molecule has 8 heteroatoms. The summed E-state index contributed by atoms with van der Waals surface area (Å²) in [6.45, 7) is 0.535. The van der Waals surface area contributed by atoms with Crippen molar-refractivity contribution in [2.24, 2.45) is 0 Å². The standard InChI is InChI=1S/C18H13BrN2O3S2/c19-12-3-1-2-4-13(12)20-9-21-17(22)16(26-18(21)25)8-11-5-6-14-15(7-11)24-10-23-14/h1-8,20H,9-10H2. The van der Waals surface area contributed by atoms with Crippen LogP contribution < -0.4 is 14.8 Å². The van der Waals surface area contributed by atoms with E-state index in [9.17, 15) is 4.79 Å². The van der Waals surface area contributed by atoms with Crippen molar-refractivity contribution in [1.82, 2.24) is 4.90 Å². The van der Waals surface area contributed by atoms with Gasteiger partial charge in [0.15, 0.2) is 11.5 Å². The van der Waals surface area contributed by atoms with Gasteiger partial charge < -0.3 is 14.8 Å². The number of thiocarbonyl (C=S) groups is 1. The first-order valence-corrected chi connectivity index (χ1v) is 9.77. The van der Waals surface area contributed by atoms with Gasteiger partial charge in [0.05, 0.1) is 11.6 Å². The highest BCUT2D eigenvalue weighted by atomic mass is 79.9. The molecule has 132 valence electrons. The summed E-state index contributed by atoms with van der Waals surface area (Å²) in [6.07, 6.45) is 1.82. The van der Waals surface area contributed by atoms with Crippen molar-refractivity contribution < 1.29 is 14.3 Å². The number of hydrogen-bond donors (Lipinski definition) is 1. The molecule has 1 amide bonds. The topological polar surface area (TPSA) is 50.8 Å². The second-order valence-electron chi connectivity index (χ2n) is 5.54. The Morgan fingerprint density at radius 2 is 2.04 bits per heavy atom. The zero-order valence-corrected chi connectivity index (χ0v) is 16.6. The Morgan fingerprint density at radius 1 is 1.23 bits per heavy atom. The van der Waals surface area contributed by atoms with E-state index in [2.05, 4.69) is 21.2 Å². The smallest absolute Gasteiger partial charge is 0.267 e. The second-order valence-corrected chi connectivity index (χ2v) is 8.07. The van der Waals surface area contributed by atoms with E-state index in [0.717, 1.165) is 15.7 Å². The highest BCUT2D eigenvalue weighted by Crippen LogP contribution is 2.36. The van der Waals surface area contributed by atoms with Crippen LogP contribution in [0.5, 0.6) is 11.5 Å². The van der Waals surface area contributed by atoms with Crippen LogP contribution in [0.2, 0.25) is 0 Å². The number of rotatable bonds is 4. The van der Waals surface area contributed by atoms with E-state index in [4.69, 9.17) is 21.7 Å². The fraction of sp³-hybridized carbons (Fsp3) is 0.111. The lowest BCUT2D eigenvalue weighted by Crippen LogP contribution is -2.33. The maximum atomic E-state index is 12.7. The molecule has 0 saturated carbocycles. The van der Waals surface area contributed by atoms with Gasteiger partial charge in [-0.25, -0.2) is 0 Å². The number of halogens is 1. The molecular weight excluding hydrogens is 436 g/mol. The van der Waals surface area contributed by atoms with E-state index >= 15 is 0 Å². The minimum atomic E-state index is -0.114. The van der Waals surface area contributed by atoms with Gasteiger partial charge in [0.25, 0.3) is 5.91 Å². The van der Waals surface area contributed by atoms with E-state index in [1.165, 1.54) is 11.8 Å². The van der Waals surface area contributed by atoms with Crippen LogP contribution in [0.1, 0.15) is 5.56 Å². The summed E-state index contributed by atoms with van der Waals surface area (Å²) in [7, 11) is 0. The predicted molar refractivity (Wildman–Crippen MR) is 110 cm³/mol. The van der Waals surface area contributed by atoms with Crippen molar-refractivity contribution >= 4 is 61.9 Å². The number of thioether (sulfide) groups is 1. The highest BCUT2D eigenvalue weighted by Gasteiger charge is 2.32. The maximum Gasteiger partial charge on any atom is 0.267 e. The molecule has 2 heterocycles. The lowest BCUT2D eigenvalue weighted by Gasteiger charge is -2.16. The Bertz CT molecular complexity index is 932. The number of nitrogens with one attached hydrogen (secondary N) is 1. The summed E-state index contributed by atoms with van der Waals surface area (Å²) in [5.74, 6) is 1.29. The number of benzene rings is 2. The number of carbonyl (C=O) groups is 1. The molecule has 0 spiro atoms. The molecule has 0 radical (unpaired) electrons. The van der Waals surface area contributed by atoms with Crippen LogP contribution in [0.3, 0.4) is 0 Å². The summed E-state index contributed by atoms with van der Waals surface area (Å²) in [6, 6.07) is 13.3. The zero-order chi connectivity index (χ0) is 18.1. The van der Waals surface area contributed by atoms with Crippen LogP contribution >= 0.6 is 39.9 Å². The fourth-order valence-corrected chi connectivity index (χ4v) is 4.24. The van der Waals surface area contributed by atoms with Crippen LogP contribution in [0.25, 0.3) is 6.08 Å². The first-order chi connectivity index (χ1) is 12.6. The average Bonchev–Trinajstić information content (AvgIpc) is 3.19. The third-order valence-electron chi connectivity index (χ3n) is 3.87. The molecule has 2 aliphatic rings. The van der Waals surface area contributed by atoms with E-state index in [0.29, 0.717) is 27.4 Å². The number of hydrogen-bond acceptors (Lipinski definition) is 6. The van der Waals surface area contributed by atoms with Crippen LogP contribution in [0, 0.1) is 0 Å². The first-order valence-electron chi connectivity index (χ1n) is 7.75. The highest BCUT2D eigenvalue weighted by molar-refractivity contribution is 9.10.